The van der Waals surface area contributed by atoms with Crippen molar-refractivity contribution in [3.05, 3.63) is 59.6 Å². The van der Waals surface area contributed by atoms with Gasteiger partial charge in [0.25, 0.3) is 0 Å². The third-order valence-corrected chi connectivity index (χ3v) is 2.70. The zero-order valence-electron chi connectivity index (χ0n) is 7.92. The smallest absolute Gasteiger partial charge is 0.0226 e. The fourth-order valence-corrected chi connectivity index (χ4v) is 1.64. The van der Waals surface area contributed by atoms with Gasteiger partial charge < -0.3 is 0 Å². The average molecular weight is 190 g/mol. The lowest BCUT2D eigenvalue weighted by molar-refractivity contribution is 1.44. The highest BCUT2D eigenvalue weighted by Gasteiger charge is 2.02. The summed E-state index contributed by atoms with van der Waals surface area (Å²) in [6.45, 7) is 9.74. The van der Waals surface area contributed by atoms with E-state index in [0.29, 0.717) is 0 Å². The summed E-state index contributed by atoms with van der Waals surface area (Å²) in [5, 5.41) is 2.11. The fourth-order valence-electron chi connectivity index (χ4n) is 0.934. The van der Waals surface area contributed by atoms with Crippen LogP contribution in [0.15, 0.2) is 59.6 Å². The highest BCUT2D eigenvalue weighted by Crippen LogP contribution is 2.23. The Hall–Kier alpha value is -0.950. The molecule has 1 aliphatic rings. The largest absolute Gasteiger partial charge is 0.129 e. The molecule has 0 aromatic carbocycles. The molecule has 68 valence electrons. The number of allylic oxidation sites excluding steroid dienone is 6. The zero-order valence-corrected chi connectivity index (χ0v) is 8.73. The predicted molar refractivity (Wildman–Crippen MR) is 62.8 cm³/mol. The SMILES string of the molecule is C=C/C(C)=C\C=C1\C=CSCC1=C. The quantitative estimate of drug-likeness (QED) is 0.596. The second kappa shape index (κ2) is 4.93. The van der Waals surface area contributed by atoms with Crippen LogP contribution in [0.4, 0.5) is 0 Å². The molecule has 1 rings (SSSR count). The first-order valence-electron chi connectivity index (χ1n) is 4.21. The first kappa shape index (κ1) is 10.1. The number of hydrogen-bond donors (Lipinski definition) is 0. The molecule has 0 aromatic rings. The van der Waals surface area contributed by atoms with Gasteiger partial charge >= 0.3 is 0 Å². The molecular formula is C12H14S. The van der Waals surface area contributed by atoms with Gasteiger partial charge in [-0.25, -0.2) is 0 Å². The maximum atomic E-state index is 4.00. The maximum absolute atomic E-state index is 4.00. The van der Waals surface area contributed by atoms with Gasteiger partial charge in [0.1, 0.15) is 0 Å². The van der Waals surface area contributed by atoms with Gasteiger partial charge in [0.15, 0.2) is 0 Å². The van der Waals surface area contributed by atoms with Crippen molar-refractivity contribution in [1.82, 2.24) is 0 Å². The van der Waals surface area contributed by atoms with Crippen molar-refractivity contribution < 1.29 is 0 Å². The third-order valence-electron chi connectivity index (χ3n) is 1.86. The lowest BCUT2D eigenvalue weighted by Gasteiger charge is -2.09. The van der Waals surface area contributed by atoms with Gasteiger partial charge in [-0.1, -0.05) is 37.0 Å². The van der Waals surface area contributed by atoms with E-state index in [0.717, 1.165) is 5.75 Å². The maximum Gasteiger partial charge on any atom is 0.0226 e. The summed E-state index contributed by atoms with van der Waals surface area (Å²) in [7, 11) is 0. The summed E-state index contributed by atoms with van der Waals surface area (Å²) in [4.78, 5) is 0. The highest BCUT2D eigenvalue weighted by molar-refractivity contribution is 8.02. The Kier molecular flexibility index (Phi) is 3.84. The predicted octanol–water partition coefficient (Wildman–Crippen LogP) is 3.86. The average Bonchev–Trinajstić information content (AvgIpc) is 2.16. The molecule has 0 saturated heterocycles. The van der Waals surface area contributed by atoms with Gasteiger partial charge in [0, 0.05) is 5.75 Å². The Bertz CT molecular complexity index is 303. The molecule has 0 radical (unpaired) electrons. The zero-order chi connectivity index (χ0) is 9.68. The molecule has 0 amide bonds. The Morgan fingerprint density at radius 3 is 3.00 bits per heavy atom. The van der Waals surface area contributed by atoms with E-state index in [2.05, 4.69) is 36.8 Å². The first-order chi connectivity index (χ1) is 6.24. The van der Waals surface area contributed by atoms with Crippen molar-refractivity contribution in [2.75, 3.05) is 5.75 Å². The number of thioether (sulfide) groups is 1. The van der Waals surface area contributed by atoms with E-state index in [1.54, 1.807) is 11.8 Å². The van der Waals surface area contributed by atoms with E-state index in [1.165, 1.54) is 16.7 Å². The molecule has 0 unspecified atom stereocenters. The standard InChI is InChI=1S/C12H14S/c1-4-10(2)5-6-12-7-8-13-9-11(12)3/h4-8H,1,3,9H2,2H3/b10-5-,12-6-. The van der Waals surface area contributed by atoms with Crippen molar-refractivity contribution >= 4 is 11.8 Å². The van der Waals surface area contributed by atoms with Crippen LogP contribution in [-0.4, -0.2) is 5.75 Å². The van der Waals surface area contributed by atoms with Crippen LogP contribution >= 0.6 is 11.8 Å². The van der Waals surface area contributed by atoms with E-state index in [4.69, 9.17) is 0 Å². The van der Waals surface area contributed by atoms with Crippen LogP contribution < -0.4 is 0 Å². The van der Waals surface area contributed by atoms with Gasteiger partial charge in [-0.05, 0) is 29.6 Å². The molecule has 0 N–H and O–H groups in total. The molecule has 0 nitrogen and oxygen atoms in total. The summed E-state index contributed by atoms with van der Waals surface area (Å²) in [5.41, 5.74) is 3.59. The molecule has 1 heterocycles. The Labute approximate surface area is 84.4 Å². The van der Waals surface area contributed by atoms with Gasteiger partial charge in [0.2, 0.25) is 0 Å². The summed E-state index contributed by atoms with van der Waals surface area (Å²) < 4.78 is 0. The molecule has 0 aliphatic carbocycles. The Balaban J connectivity index is 2.80. The molecule has 0 atom stereocenters. The lowest BCUT2D eigenvalue weighted by Crippen LogP contribution is -1.91. The van der Waals surface area contributed by atoms with Crippen LogP contribution in [0.25, 0.3) is 0 Å². The molecule has 0 spiro atoms. The molecule has 0 aromatic heterocycles. The second-order valence-corrected chi connectivity index (χ2v) is 3.85. The lowest BCUT2D eigenvalue weighted by atomic mass is 10.1. The van der Waals surface area contributed by atoms with E-state index < -0.39 is 0 Å². The van der Waals surface area contributed by atoms with E-state index in [1.807, 2.05) is 13.0 Å². The Morgan fingerprint density at radius 2 is 2.38 bits per heavy atom. The molecule has 0 saturated carbocycles. The van der Waals surface area contributed by atoms with Crippen molar-refractivity contribution in [2.45, 2.75) is 6.92 Å². The van der Waals surface area contributed by atoms with Crippen LogP contribution in [-0.2, 0) is 0 Å². The van der Waals surface area contributed by atoms with Crippen molar-refractivity contribution in [2.24, 2.45) is 0 Å². The van der Waals surface area contributed by atoms with Crippen molar-refractivity contribution in [1.29, 1.82) is 0 Å². The summed E-state index contributed by atoms with van der Waals surface area (Å²) in [6, 6.07) is 0. The Morgan fingerprint density at radius 1 is 1.62 bits per heavy atom. The first-order valence-corrected chi connectivity index (χ1v) is 5.26. The molecule has 1 heteroatoms. The van der Waals surface area contributed by atoms with Gasteiger partial charge in [-0.15, -0.1) is 11.8 Å². The van der Waals surface area contributed by atoms with Crippen LogP contribution in [0.5, 0.6) is 0 Å². The topological polar surface area (TPSA) is 0 Å². The van der Waals surface area contributed by atoms with Crippen LogP contribution in [0.2, 0.25) is 0 Å². The molecular weight excluding hydrogens is 176 g/mol. The van der Waals surface area contributed by atoms with Gasteiger partial charge in [0.05, 0.1) is 0 Å². The monoisotopic (exact) mass is 190 g/mol. The number of hydrogen-bond acceptors (Lipinski definition) is 1. The summed E-state index contributed by atoms with van der Waals surface area (Å²) >= 11 is 1.78. The number of rotatable bonds is 2. The van der Waals surface area contributed by atoms with Crippen LogP contribution in [0.3, 0.4) is 0 Å². The second-order valence-electron chi connectivity index (χ2n) is 2.95. The molecule has 1 aliphatic heterocycles. The van der Waals surface area contributed by atoms with Crippen molar-refractivity contribution in [3.63, 3.8) is 0 Å². The van der Waals surface area contributed by atoms with Gasteiger partial charge in [-0.2, -0.15) is 0 Å². The summed E-state index contributed by atoms with van der Waals surface area (Å²) in [5.74, 6) is 1.00. The van der Waals surface area contributed by atoms with Crippen LogP contribution in [0, 0.1) is 0 Å². The summed E-state index contributed by atoms with van der Waals surface area (Å²) in [6.07, 6.45) is 8.11. The van der Waals surface area contributed by atoms with E-state index in [-0.39, 0.29) is 0 Å². The molecule has 0 bridgehead atoms. The molecule has 0 fully saturated rings. The third kappa shape index (κ3) is 3.11. The van der Waals surface area contributed by atoms with Crippen molar-refractivity contribution in [3.8, 4) is 0 Å². The minimum Gasteiger partial charge on any atom is -0.129 e. The fraction of sp³-hybridized carbons (Fsp3) is 0.167. The minimum atomic E-state index is 1.00. The highest BCUT2D eigenvalue weighted by atomic mass is 32.2. The van der Waals surface area contributed by atoms with Crippen LogP contribution in [0.1, 0.15) is 6.92 Å². The molecule has 13 heavy (non-hydrogen) atoms. The normalized spacial score (nSPS) is 20.8. The van der Waals surface area contributed by atoms with E-state index >= 15 is 0 Å². The van der Waals surface area contributed by atoms with E-state index in [9.17, 15) is 0 Å². The minimum absolute atomic E-state index is 1.00. The van der Waals surface area contributed by atoms with Gasteiger partial charge in [-0.3, -0.25) is 0 Å².